The average molecular weight is 264 g/mol. The highest BCUT2D eigenvalue weighted by Gasteiger charge is 2.27. The van der Waals surface area contributed by atoms with Gasteiger partial charge in [0.05, 0.1) is 5.56 Å². The van der Waals surface area contributed by atoms with Crippen molar-refractivity contribution in [1.82, 2.24) is 10.3 Å². The predicted octanol–water partition coefficient (Wildman–Crippen LogP) is 0.897. The van der Waals surface area contributed by atoms with E-state index in [-0.39, 0.29) is 5.91 Å². The summed E-state index contributed by atoms with van der Waals surface area (Å²) >= 11 is 0. The van der Waals surface area contributed by atoms with Gasteiger partial charge in [-0.2, -0.15) is 0 Å². The Labute approximate surface area is 112 Å². The van der Waals surface area contributed by atoms with E-state index in [0.29, 0.717) is 11.4 Å². The van der Waals surface area contributed by atoms with Gasteiger partial charge in [-0.15, -0.1) is 0 Å². The van der Waals surface area contributed by atoms with Gasteiger partial charge in [0.2, 0.25) is 5.91 Å². The highest BCUT2D eigenvalue weighted by molar-refractivity contribution is 5.98. The first-order chi connectivity index (χ1) is 8.86. The largest absolute Gasteiger partial charge is 0.370 e. The van der Waals surface area contributed by atoms with Gasteiger partial charge in [0, 0.05) is 12.7 Å². The Morgan fingerprint density at radius 2 is 2.05 bits per heavy atom. The molecule has 1 rings (SSSR count). The van der Waals surface area contributed by atoms with Gasteiger partial charge in [0.25, 0.3) is 5.91 Å². The lowest BCUT2D eigenvalue weighted by Crippen LogP contribution is -2.53. The van der Waals surface area contributed by atoms with Crippen LogP contribution < -0.4 is 16.4 Å². The van der Waals surface area contributed by atoms with Gasteiger partial charge < -0.3 is 16.4 Å². The van der Waals surface area contributed by atoms with E-state index in [0.717, 1.165) is 13.0 Å². The molecule has 0 aromatic carbocycles. The van der Waals surface area contributed by atoms with Crippen LogP contribution in [0, 0.1) is 0 Å². The molecule has 104 valence electrons. The molecule has 0 aliphatic rings. The summed E-state index contributed by atoms with van der Waals surface area (Å²) in [6.45, 7) is 5.99. The van der Waals surface area contributed by atoms with Crippen molar-refractivity contribution >= 4 is 17.6 Å². The van der Waals surface area contributed by atoms with Crippen molar-refractivity contribution in [2.24, 2.45) is 5.73 Å². The molecule has 1 aromatic heterocycles. The smallest absolute Gasteiger partial charge is 0.253 e. The molecule has 6 heteroatoms. The van der Waals surface area contributed by atoms with Crippen LogP contribution in [0.3, 0.4) is 0 Å². The first-order valence-electron chi connectivity index (χ1n) is 6.19. The number of primary amides is 1. The Kier molecular flexibility index (Phi) is 4.86. The average Bonchev–Trinajstić information content (AvgIpc) is 2.36. The van der Waals surface area contributed by atoms with E-state index in [9.17, 15) is 9.59 Å². The molecule has 0 aliphatic carbocycles. The van der Waals surface area contributed by atoms with E-state index in [1.165, 1.54) is 6.20 Å². The van der Waals surface area contributed by atoms with Crippen molar-refractivity contribution in [2.75, 3.05) is 11.9 Å². The van der Waals surface area contributed by atoms with Gasteiger partial charge in [0.15, 0.2) is 0 Å². The minimum atomic E-state index is -1.09. The Bertz CT molecular complexity index is 454. The molecule has 0 bridgehead atoms. The predicted molar refractivity (Wildman–Crippen MR) is 73.8 cm³/mol. The summed E-state index contributed by atoms with van der Waals surface area (Å²) in [5.41, 5.74) is 4.49. The number of anilines is 1. The lowest BCUT2D eigenvalue weighted by Gasteiger charge is -2.22. The molecule has 0 saturated carbocycles. The number of nitrogens with zero attached hydrogens (tertiary/aromatic N) is 1. The number of amides is 2. The minimum absolute atomic E-state index is 0.377. The second-order valence-electron chi connectivity index (χ2n) is 4.80. The zero-order valence-electron chi connectivity index (χ0n) is 11.5. The van der Waals surface area contributed by atoms with Crippen molar-refractivity contribution in [1.29, 1.82) is 0 Å². The fourth-order valence-electron chi connectivity index (χ4n) is 1.30. The molecule has 0 spiro atoms. The first kappa shape index (κ1) is 14.9. The Hall–Kier alpha value is -2.11. The molecule has 0 aliphatic heterocycles. The zero-order valence-corrected chi connectivity index (χ0v) is 11.5. The molecule has 0 radical (unpaired) electrons. The van der Waals surface area contributed by atoms with Crippen molar-refractivity contribution in [3.05, 3.63) is 23.9 Å². The van der Waals surface area contributed by atoms with E-state index >= 15 is 0 Å². The standard InChI is InChI=1S/C13H20N4O2/c1-4-7-15-10-6-5-9(8-16-10)11(18)17-13(2,3)12(14)19/h5-6,8H,4,7H2,1-3H3,(H2,14,19)(H,15,16)(H,17,18). The second kappa shape index (κ2) is 6.17. The van der Waals surface area contributed by atoms with Crippen LogP contribution >= 0.6 is 0 Å². The Morgan fingerprint density at radius 3 is 2.53 bits per heavy atom. The lowest BCUT2D eigenvalue weighted by molar-refractivity contribution is -0.122. The monoisotopic (exact) mass is 264 g/mol. The summed E-state index contributed by atoms with van der Waals surface area (Å²) in [4.78, 5) is 27.2. The number of pyridine rings is 1. The number of nitrogens with two attached hydrogens (primary N) is 1. The van der Waals surface area contributed by atoms with Crippen LogP contribution in [0.4, 0.5) is 5.82 Å². The highest BCUT2D eigenvalue weighted by atomic mass is 16.2. The van der Waals surface area contributed by atoms with Gasteiger partial charge in [0.1, 0.15) is 11.4 Å². The van der Waals surface area contributed by atoms with Gasteiger partial charge in [-0.1, -0.05) is 6.92 Å². The maximum absolute atomic E-state index is 11.9. The van der Waals surface area contributed by atoms with Gasteiger partial charge >= 0.3 is 0 Å². The van der Waals surface area contributed by atoms with Crippen LogP contribution in [-0.2, 0) is 4.79 Å². The van der Waals surface area contributed by atoms with Gasteiger partial charge in [-0.3, -0.25) is 9.59 Å². The normalized spacial score (nSPS) is 10.9. The molecular weight excluding hydrogens is 244 g/mol. The number of hydrogen-bond donors (Lipinski definition) is 3. The molecule has 6 nitrogen and oxygen atoms in total. The maximum atomic E-state index is 11.9. The fraction of sp³-hybridized carbons (Fsp3) is 0.462. The maximum Gasteiger partial charge on any atom is 0.253 e. The van der Waals surface area contributed by atoms with Crippen molar-refractivity contribution in [3.8, 4) is 0 Å². The van der Waals surface area contributed by atoms with Crippen molar-refractivity contribution in [3.63, 3.8) is 0 Å². The molecule has 1 aromatic rings. The van der Waals surface area contributed by atoms with E-state index in [1.54, 1.807) is 26.0 Å². The summed E-state index contributed by atoms with van der Waals surface area (Å²) in [6, 6.07) is 3.37. The number of nitrogens with one attached hydrogen (secondary N) is 2. The number of carbonyl (C=O) groups excluding carboxylic acids is 2. The minimum Gasteiger partial charge on any atom is -0.370 e. The molecule has 1 heterocycles. The van der Waals surface area contributed by atoms with Crippen LogP contribution in [0.5, 0.6) is 0 Å². The summed E-state index contributed by atoms with van der Waals surface area (Å²) in [5, 5.41) is 5.67. The van der Waals surface area contributed by atoms with E-state index in [2.05, 4.69) is 22.5 Å². The molecule has 0 fully saturated rings. The molecular formula is C13H20N4O2. The lowest BCUT2D eigenvalue weighted by atomic mass is 10.0. The quantitative estimate of drug-likeness (QED) is 0.711. The zero-order chi connectivity index (χ0) is 14.5. The first-order valence-corrected chi connectivity index (χ1v) is 6.19. The second-order valence-corrected chi connectivity index (χ2v) is 4.80. The summed E-state index contributed by atoms with van der Waals surface area (Å²) < 4.78 is 0. The fourth-order valence-corrected chi connectivity index (χ4v) is 1.30. The third-order valence-corrected chi connectivity index (χ3v) is 2.62. The Morgan fingerprint density at radius 1 is 1.37 bits per heavy atom. The van der Waals surface area contributed by atoms with Crippen molar-refractivity contribution < 1.29 is 9.59 Å². The molecule has 0 atom stereocenters. The highest BCUT2D eigenvalue weighted by Crippen LogP contribution is 2.08. The number of rotatable bonds is 6. The van der Waals surface area contributed by atoms with Crippen LogP contribution in [0.15, 0.2) is 18.3 Å². The summed E-state index contributed by atoms with van der Waals surface area (Å²) in [6.07, 6.45) is 2.46. The number of hydrogen-bond acceptors (Lipinski definition) is 4. The topological polar surface area (TPSA) is 97.1 Å². The van der Waals surface area contributed by atoms with Crippen LogP contribution in [0.25, 0.3) is 0 Å². The Balaban J connectivity index is 2.70. The number of aromatic nitrogens is 1. The van der Waals surface area contributed by atoms with E-state index in [1.807, 2.05) is 0 Å². The van der Waals surface area contributed by atoms with Crippen LogP contribution in [-0.4, -0.2) is 28.9 Å². The molecule has 4 N–H and O–H groups in total. The number of carbonyl (C=O) groups is 2. The summed E-state index contributed by atoms with van der Waals surface area (Å²) in [5.74, 6) is -0.249. The summed E-state index contributed by atoms with van der Waals surface area (Å²) in [7, 11) is 0. The molecule has 2 amide bonds. The molecule has 0 saturated heterocycles. The molecule has 0 unspecified atom stereocenters. The van der Waals surface area contributed by atoms with Gasteiger partial charge in [-0.05, 0) is 32.4 Å². The van der Waals surface area contributed by atoms with Gasteiger partial charge in [-0.25, -0.2) is 4.98 Å². The van der Waals surface area contributed by atoms with Crippen LogP contribution in [0.2, 0.25) is 0 Å². The SMILES string of the molecule is CCCNc1ccc(C(=O)NC(C)(C)C(N)=O)cn1. The van der Waals surface area contributed by atoms with Crippen LogP contribution in [0.1, 0.15) is 37.6 Å². The molecule has 19 heavy (non-hydrogen) atoms. The third kappa shape index (κ3) is 4.24. The van der Waals surface area contributed by atoms with E-state index in [4.69, 9.17) is 5.73 Å². The van der Waals surface area contributed by atoms with Crippen molar-refractivity contribution in [2.45, 2.75) is 32.7 Å². The van der Waals surface area contributed by atoms with E-state index < -0.39 is 11.4 Å². The third-order valence-electron chi connectivity index (χ3n) is 2.62.